The Balaban J connectivity index is 1.10. The van der Waals surface area contributed by atoms with Gasteiger partial charge < -0.3 is 48.5 Å². The molecule has 6 rings (SSSR count). The number of benzene rings is 1. The molecule has 0 saturated carbocycles. The first-order valence-electron chi connectivity index (χ1n) is 21.0. The van der Waals surface area contributed by atoms with Crippen LogP contribution in [0.3, 0.4) is 0 Å². The maximum Gasteiger partial charge on any atom is 0.411 e. The second kappa shape index (κ2) is 17.1. The van der Waals surface area contributed by atoms with Crippen LogP contribution in [-0.4, -0.2) is 107 Å². The van der Waals surface area contributed by atoms with Crippen molar-refractivity contribution in [3.05, 3.63) is 29.3 Å². The molecule has 0 aromatic heterocycles. The predicted molar refractivity (Wildman–Crippen MR) is 212 cm³/mol. The molecule has 1 amide bonds. The quantitative estimate of drug-likeness (QED) is 0.168. The molecule has 0 unspecified atom stereocenters. The first-order chi connectivity index (χ1) is 26.8. The van der Waals surface area contributed by atoms with Gasteiger partial charge >= 0.3 is 12.1 Å². The third-order valence-electron chi connectivity index (χ3n) is 14.3. The van der Waals surface area contributed by atoms with Gasteiger partial charge in [0.15, 0.2) is 5.79 Å². The number of aliphatic carboxylic acids is 1. The molecule has 1 aromatic carbocycles. The lowest BCUT2D eigenvalue weighted by atomic mass is 9.78. The SMILES string of the molecule is CC[C@@]1([C@@H]2O[C@@H]([C@H]3O[C@@](O)(COC(=O)Nc4ccc(Cl)cc4)[C@H](C)C[C@@H]3C)C[C@@H]2C)CC[C@H]([C@]2(C)CC[C@]3(C[C@H](O)[C@@H](C)[C@@H]([C@@H](C)[C@@H](OC)[C@@H](C)C(=O)O)O3)O2)O1. The highest BCUT2D eigenvalue weighted by atomic mass is 35.5. The van der Waals surface area contributed by atoms with E-state index in [4.69, 9.17) is 44.8 Å². The molecule has 5 saturated heterocycles. The maximum atomic E-state index is 12.7. The summed E-state index contributed by atoms with van der Waals surface area (Å²) in [6.07, 6.45) is 1.56. The van der Waals surface area contributed by atoms with E-state index in [1.54, 1.807) is 31.2 Å². The van der Waals surface area contributed by atoms with Gasteiger partial charge in [0.2, 0.25) is 5.79 Å². The maximum absolute atomic E-state index is 12.7. The summed E-state index contributed by atoms with van der Waals surface area (Å²) in [5.74, 6) is -5.04. The number of carboxylic acids is 1. The van der Waals surface area contributed by atoms with E-state index >= 15 is 0 Å². The predicted octanol–water partition coefficient (Wildman–Crippen LogP) is 7.18. The summed E-state index contributed by atoms with van der Waals surface area (Å²) >= 11 is 5.96. The minimum absolute atomic E-state index is 0.0857. The molecule has 1 aromatic rings. The number of rotatable bonds is 12. The highest BCUT2D eigenvalue weighted by molar-refractivity contribution is 6.30. The topological polar surface area (TPSA) is 171 Å². The van der Waals surface area contributed by atoms with Gasteiger partial charge in [-0.15, -0.1) is 0 Å². The van der Waals surface area contributed by atoms with Crippen LogP contribution in [0.15, 0.2) is 24.3 Å². The zero-order valence-electron chi connectivity index (χ0n) is 35.1. The largest absolute Gasteiger partial charge is 0.481 e. The molecule has 13 nitrogen and oxygen atoms in total. The lowest BCUT2D eigenvalue weighted by Crippen LogP contribution is -2.57. The van der Waals surface area contributed by atoms with Crippen molar-refractivity contribution in [2.24, 2.45) is 35.5 Å². The standard InChI is InChI=1S/C43H66ClNO12/c1-10-41(16-15-33(54-41)40(8)17-18-42(57-40)21-31(46)26(5)36(55-42)27(6)35(51-9)28(7)38(47)48)37-24(3)20-32(53-37)34-23(2)19-25(4)43(50,56-34)22-52-39(49)45-30-13-11-29(44)12-14-30/h11-14,23-28,31-37,46,50H,10,15-22H2,1-9H3,(H,45,49)(H,47,48)/t23-,24-,25+,26+,27-,28+,31-,32+,33+,34-,35+,36-,37+,40-,41-,42+,43-/m0/s1. The van der Waals surface area contributed by atoms with E-state index < -0.39 is 65.2 Å². The van der Waals surface area contributed by atoms with Crippen LogP contribution in [0, 0.1) is 35.5 Å². The number of carboxylic acid groups (broad SMARTS) is 1. The zero-order valence-corrected chi connectivity index (χ0v) is 35.8. The Bertz CT molecular complexity index is 1570. The fourth-order valence-corrected chi connectivity index (χ4v) is 10.9. The lowest BCUT2D eigenvalue weighted by molar-refractivity contribution is -0.336. The van der Waals surface area contributed by atoms with Crippen LogP contribution in [0.5, 0.6) is 0 Å². The Morgan fingerprint density at radius 2 is 1.72 bits per heavy atom. The molecule has 5 fully saturated rings. The molecule has 1 spiro atoms. The third-order valence-corrected chi connectivity index (χ3v) is 14.6. The van der Waals surface area contributed by atoms with Crippen molar-refractivity contribution in [1.29, 1.82) is 0 Å². The number of nitrogens with one attached hydrogen (secondary N) is 1. The fourth-order valence-electron chi connectivity index (χ4n) is 10.8. The molecule has 5 aliphatic rings. The van der Waals surface area contributed by atoms with Gasteiger partial charge in [0.05, 0.1) is 59.8 Å². The van der Waals surface area contributed by atoms with Crippen LogP contribution in [-0.2, 0) is 38.0 Å². The number of aliphatic hydroxyl groups is 2. The number of aliphatic hydroxyl groups excluding tert-OH is 1. The first-order valence-corrected chi connectivity index (χ1v) is 21.4. The molecule has 322 valence electrons. The number of carbonyl (C=O) groups is 2. The number of hydrogen-bond acceptors (Lipinski definition) is 11. The molecule has 0 radical (unpaired) electrons. The summed E-state index contributed by atoms with van der Waals surface area (Å²) in [6, 6.07) is 6.66. The smallest absolute Gasteiger partial charge is 0.411 e. The van der Waals surface area contributed by atoms with Crippen molar-refractivity contribution < 1.29 is 58.1 Å². The second-order valence-electron chi connectivity index (χ2n) is 18.3. The van der Waals surface area contributed by atoms with Crippen molar-refractivity contribution in [1.82, 2.24) is 0 Å². The Kier molecular flexibility index (Phi) is 13.4. The van der Waals surface area contributed by atoms with Gasteiger partial charge in [-0.2, -0.15) is 0 Å². The first kappa shape index (κ1) is 44.5. The normalized spacial score (nSPS) is 43.8. The molecule has 5 heterocycles. The van der Waals surface area contributed by atoms with Crippen molar-refractivity contribution in [3.63, 3.8) is 0 Å². The average Bonchev–Trinajstić information content (AvgIpc) is 3.88. The van der Waals surface area contributed by atoms with Gasteiger partial charge in [0, 0.05) is 48.4 Å². The van der Waals surface area contributed by atoms with Crippen LogP contribution in [0.2, 0.25) is 5.02 Å². The Morgan fingerprint density at radius 3 is 2.37 bits per heavy atom. The lowest BCUT2D eigenvalue weighted by Gasteiger charge is -2.49. The summed E-state index contributed by atoms with van der Waals surface area (Å²) in [5.41, 5.74) is -0.731. The van der Waals surface area contributed by atoms with E-state index in [2.05, 4.69) is 33.0 Å². The molecular weight excluding hydrogens is 758 g/mol. The van der Waals surface area contributed by atoms with Crippen molar-refractivity contribution in [3.8, 4) is 0 Å². The second-order valence-corrected chi connectivity index (χ2v) is 18.8. The van der Waals surface area contributed by atoms with Gasteiger partial charge in [-0.05, 0) is 88.5 Å². The van der Waals surface area contributed by atoms with Crippen LogP contribution >= 0.6 is 11.6 Å². The summed E-state index contributed by atoms with van der Waals surface area (Å²) in [6.45, 7) is 15.6. The number of ether oxygens (including phenoxy) is 7. The fraction of sp³-hybridized carbons (Fsp3) is 0.814. The van der Waals surface area contributed by atoms with E-state index in [0.29, 0.717) is 36.4 Å². The van der Waals surface area contributed by atoms with Crippen molar-refractivity contribution in [2.45, 2.75) is 172 Å². The van der Waals surface area contributed by atoms with Gasteiger partial charge in [-0.3, -0.25) is 10.1 Å². The van der Waals surface area contributed by atoms with Crippen molar-refractivity contribution >= 4 is 29.4 Å². The summed E-state index contributed by atoms with van der Waals surface area (Å²) in [5, 5.41) is 36.0. The molecule has 14 heteroatoms. The molecular formula is C43H66ClNO12. The number of methoxy groups -OCH3 is 1. The van der Waals surface area contributed by atoms with Crippen LogP contribution in [0.1, 0.15) is 107 Å². The van der Waals surface area contributed by atoms with E-state index in [0.717, 1.165) is 25.7 Å². The van der Waals surface area contributed by atoms with E-state index in [1.165, 1.54) is 7.11 Å². The molecule has 0 bridgehead atoms. The zero-order chi connectivity index (χ0) is 41.7. The van der Waals surface area contributed by atoms with Crippen LogP contribution in [0.25, 0.3) is 0 Å². The number of amides is 1. The van der Waals surface area contributed by atoms with Gasteiger partial charge in [-0.25, -0.2) is 4.79 Å². The van der Waals surface area contributed by atoms with E-state index in [-0.39, 0.29) is 54.5 Å². The van der Waals surface area contributed by atoms with E-state index in [9.17, 15) is 24.9 Å². The summed E-state index contributed by atoms with van der Waals surface area (Å²) < 4.78 is 45.5. The van der Waals surface area contributed by atoms with Crippen LogP contribution in [0.4, 0.5) is 10.5 Å². The molecule has 4 N–H and O–H groups in total. The van der Waals surface area contributed by atoms with Crippen LogP contribution < -0.4 is 5.32 Å². The molecule has 57 heavy (non-hydrogen) atoms. The third kappa shape index (κ3) is 8.89. The monoisotopic (exact) mass is 823 g/mol. The average molecular weight is 824 g/mol. The highest BCUT2D eigenvalue weighted by Gasteiger charge is 2.62. The Morgan fingerprint density at radius 1 is 1.02 bits per heavy atom. The highest BCUT2D eigenvalue weighted by Crippen LogP contribution is 2.55. The summed E-state index contributed by atoms with van der Waals surface area (Å²) in [4.78, 5) is 24.6. The van der Waals surface area contributed by atoms with Gasteiger partial charge in [0.25, 0.3) is 0 Å². The van der Waals surface area contributed by atoms with Gasteiger partial charge in [-0.1, -0.05) is 53.1 Å². The van der Waals surface area contributed by atoms with Crippen molar-refractivity contribution in [2.75, 3.05) is 19.0 Å². The number of hydrogen-bond donors (Lipinski definition) is 4. The summed E-state index contributed by atoms with van der Waals surface area (Å²) in [7, 11) is 1.52. The Labute approximate surface area is 342 Å². The molecule has 0 aliphatic carbocycles. The molecule has 17 atom stereocenters. The minimum Gasteiger partial charge on any atom is -0.481 e. The minimum atomic E-state index is -1.69. The van der Waals surface area contributed by atoms with E-state index in [1.807, 2.05) is 20.8 Å². The number of anilines is 1. The number of halogens is 1. The van der Waals surface area contributed by atoms with Gasteiger partial charge in [0.1, 0.15) is 6.61 Å². The molecule has 5 aliphatic heterocycles. The number of carbonyl (C=O) groups excluding carboxylic acids is 1. The Hall–Kier alpha value is -2.07.